The fourth-order valence-corrected chi connectivity index (χ4v) is 10.3. The van der Waals surface area contributed by atoms with Crippen molar-refractivity contribution < 1.29 is 153 Å². The summed E-state index contributed by atoms with van der Waals surface area (Å²) in [4.78, 5) is 25.6. The van der Waals surface area contributed by atoms with E-state index in [1.54, 1.807) is 0 Å². The van der Waals surface area contributed by atoms with Crippen LogP contribution in [0.5, 0.6) is 34.5 Å². The lowest BCUT2D eigenvalue weighted by Gasteiger charge is -2.43. The summed E-state index contributed by atoms with van der Waals surface area (Å²) in [5.74, 6) is -3.18. The summed E-state index contributed by atoms with van der Waals surface area (Å²) >= 11 is 0. The second kappa shape index (κ2) is 29.3. The van der Waals surface area contributed by atoms with Crippen LogP contribution >= 0.6 is 0 Å². The number of phenols is 2. The second-order valence-corrected chi connectivity index (χ2v) is 21.5. The third-order valence-corrected chi connectivity index (χ3v) is 15.4. The van der Waals surface area contributed by atoms with E-state index in [-0.39, 0.29) is 57.2 Å². The molecule has 1 aliphatic carbocycles. The van der Waals surface area contributed by atoms with E-state index < -0.39 is 172 Å². The lowest BCUT2D eigenvalue weighted by atomic mass is 9.96. The van der Waals surface area contributed by atoms with Crippen molar-refractivity contribution in [3.05, 3.63) is 125 Å². The summed E-state index contributed by atoms with van der Waals surface area (Å²) in [7, 11) is 3.89. The van der Waals surface area contributed by atoms with Crippen molar-refractivity contribution in [2.24, 2.45) is 0 Å². The Morgan fingerprint density at radius 2 is 1.10 bits per heavy atom. The number of methoxy groups -OCH3 is 3. The molecule has 31 nitrogen and oxygen atoms in total. The maximum absolute atomic E-state index is 13.1. The van der Waals surface area contributed by atoms with Gasteiger partial charge in [0.25, 0.3) is 0 Å². The number of aliphatic hydroxyl groups excluding tert-OH is 13. The van der Waals surface area contributed by atoms with Crippen LogP contribution in [0.2, 0.25) is 0 Å². The number of aromatic hydroxyl groups is 2. The number of hydrogen-bond acceptors (Lipinski definition) is 30. The molecule has 4 fully saturated rings. The number of benzene rings is 3. The largest absolute Gasteiger partial charge is 0.571 e. The van der Waals surface area contributed by atoms with Gasteiger partial charge in [-0.05, 0) is 54.5 Å². The van der Waals surface area contributed by atoms with Gasteiger partial charge in [-0.2, -0.15) is 0 Å². The smallest absolute Gasteiger partial charge is 0.331 e. The third-order valence-electron chi connectivity index (χ3n) is 15.4. The summed E-state index contributed by atoms with van der Waals surface area (Å²) in [6.07, 6.45) is -26.7. The minimum absolute atomic E-state index is 0.0737. The highest BCUT2D eigenvalue weighted by molar-refractivity contribution is 5.88. The molecule has 9 rings (SSSR count). The Kier molecular flexibility index (Phi) is 21.8. The average molecular weight is 1290 g/mol. The number of allylic oxidation sites excluding steroid dienone is 2. The zero-order chi connectivity index (χ0) is 65.7. The Bertz CT molecular complexity index is 3210. The number of aliphatic hydroxyl groups is 15. The molecule has 1 unspecified atom stereocenters. The normalized spacial score (nSPS) is 34.2. The molecule has 4 saturated heterocycles. The molecule has 91 heavy (non-hydrogen) atoms. The highest BCUT2D eigenvalue weighted by Gasteiger charge is 2.51. The molecule has 6 aliphatic rings. The van der Waals surface area contributed by atoms with Crippen molar-refractivity contribution in [2.75, 3.05) is 41.2 Å². The first-order valence-electron chi connectivity index (χ1n) is 28.2. The minimum atomic E-state index is -2.02. The summed E-state index contributed by atoms with van der Waals surface area (Å²) in [5, 5.41) is 161. The maximum atomic E-state index is 13.1. The standard InChI is InChI=1S/C60H70O31/c1-24-55(91-42(65)14-8-25-5-10-29(11-6-25)84-58-51(74)48(71)45(68)39(89-58)22-81-41(64)13-9-26-7-12-31(63)34(15-26)78-2)50(73)54(77)57(83-24)82-23-40-46(69)49(72)53(76)60(90-40)87-37-20-30-32(85-56(37)27-16-35(79-3)43(66)36(17-27)80-4)18-28(62)19-33(30)86-59-52(75)47(70)44(67)38(21-61)88-59/h5-20,24,32,38-40,44-55,57-63,66-77H,21-23H2,1-4H3/p+1/b13-9+,14-8+/t24-,32?,38+,39+,40+,44+,45+,46+,47-,48-,49-,50-,51+,52+,53+,54+,55-,57+,58+,59+,60+/m0/s1. The number of phenolic OH excluding ortho intramolecular Hbond substituents is 2. The number of fused-ring (bicyclic) bond motifs is 1. The Morgan fingerprint density at radius 3 is 1.71 bits per heavy atom. The van der Waals surface area contributed by atoms with Gasteiger partial charge in [-0.15, -0.1) is 0 Å². The van der Waals surface area contributed by atoms with Crippen molar-refractivity contribution in [3.8, 4) is 34.5 Å². The SMILES string of the molecule is COc1cc(/C=C/C(=O)OC[C@H]2O[C@@H](Oc3ccc(/C=C/C(=O)O[C@@H]4[C@@H](O)[C@@H](O)[C@H](OC[C@H]5O[C@@H](OC6=C(c7cc(OC)c(O)c(OC)c7)[OH+]C7C=C(O)C=C(O[C@@H]8O[C@H](CO)[C@@H](O)[C@H](O)[C@H]8O)C7=C6)[C@H](O)[C@@H](O)[C@@H]5O)O[C@H]4C)cc3)[C@H](O)[C@@H](O)[C@@H]2O)ccc1O. The summed E-state index contributed by atoms with van der Waals surface area (Å²) in [6, 6.07) is 12.9. The molecule has 496 valence electrons. The summed E-state index contributed by atoms with van der Waals surface area (Å²) in [6.45, 7) is -0.642. The molecule has 21 atom stereocenters. The van der Waals surface area contributed by atoms with E-state index in [1.807, 2.05) is 0 Å². The second-order valence-electron chi connectivity index (χ2n) is 21.5. The van der Waals surface area contributed by atoms with E-state index in [4.69, 9.17) is 66.3 Å². The fraction of sp³-hybridized carbons (Fsp3) is 0.467. The van der Waals surface area contributed by atoms with Crippen LogP contribution in [-0.2, 0) is 52.2 Å². The first kappa shape index (κ1) is 67.7. The van der Waals surface area contributed by atoms with Gasteiger partial charge in [-0.1, -0.05) is 18.2 Å². The molecule has 0 radical (unpaired) electrons. The van der Waals surface area contributed by atoms with Crippen LogP contribution in [-0.4, -0.2) is 263 Å². The van der Waals surface area contributed by atoms with Gasteiger partial charge in [-0.3, -0.25) is 0 Å². The molecule has 0 saturated carbocycles. The van der Waals surface area contributed by atoms with Gasteiger partial charge < -0.3 is 143 Å². The molecule has 5 heterocycles. The van der Waals surface area contributed by atoms with E-state index in [9.17, 15) is 86.2 Å². The molecular formula is C60H71O31+. The first-order chi connectivity index (χ1) is 43.4. The van der Waals surface area contributed by atoms with E-state index in [0.29, 0.717) is 11.1 Å². The fourth-order valence-electron chi connectivity index (χ4n) is 10.3. The van der Waals surface area contributed by atoms with Crippen LogP contribution in [0.4, 0.5) is 0 Å². The van der Waals surface area contributed by atoms with Crippen molar-refractivity contribution >= 4 is 29.8 Å². The summed E-state index contributed by atoms with van der Waals surface area (Å²) in [5.41, 5.74) is 1.15. The molecule has 3 aromatic carbocycles. The number of ether oxygens (including phenoxy) is 14. The van der Waals surface area contributed by atoms with Crippen LogP contribution in [0.25, 0.3) is 17.9 Å². The average Bonchev–Trinajstić information content (AvgIpc) is 0.805. The molecule has 31 heteroatoms. The van der Waals surface area contributed by atoms with Crippen molar-refractivity contribution in [1.29, 1.82) is 0 Å². The van der Waals surface area contributed by atoms with E-state index in [2.05, 4.69) is 0 Å². The Balaban J connectivity index is 0.812. The van der Waals surface area contributed by atoms with Crippen molar-refractivity contribution in [3.63, 3.8) is 0 Å². The number of carbonyl (C=O) groups excluding carboxylic acids is 2. The van der Waals surface area contributed by atoms with Crippen molar-refractivity contribution in [2.45, 2.75) is 136 Å². The predicted molar refractivity (Wildman–Crippen MR) is 303 cm³/mol. The zero-order valence-electron chi connectivity index (χ0n) is 48.8. The van der Waals surface area contributed by atoms with Crippen molar-refractivity contribution in [1.82, 2.24) is 0 Å². The highest BCUT2D eigenvalue weighted by Crippen LogP contribution is 2.44. The van der Waals surface area contributed by atoms with Gasteiger partial charge in [0.1, 0.15) is 109 Å². The quantitative estimate of drug-likeness (QED) is 0.0290. The maximum Gasteiger partial charge on any atom is 0.331 e. The molecule has 0 bridgehead atoms. The van der Waals surface area contributed by atoms with E-state index >= 15 is 0 Å². The molecule has 3 aromatic rings. The predicted octanol–water partition coefficient (Wildman–Crippen LogP) is -2.84. The van der Waals surface area contributed by atoms with Gasteiger partial charge in [0.05, 0.1) is 57.9 Å². The first-order valence-corrected chi connectivity index (χ1v) is 28.2. The lowest BCUT2D eigenvalue weighted by Crippen LogP contribution is -2.61. The van der Waals surface area contributed by atoms with E-state index in [0.717, 1.165) is 18.2 Å². The van der Waals surface area contributed by atoms with Crippen LogP contribution in [0.15, 0.2) is 108 Å². The van der Waals surface area contributed by atoms with Crippen LogP contribution < -0.4 is 18.9 Å². The minimum Gasteiger partial charge on any atom is -0.571 e. The molecule has 0 amide bonds. The number of esters is 2. The lowest BCUT2D eigenvalue weighted by molar-refractivity contribution is -0.324. The molecule has 5 aliphatic heterocycles. The van der Waals surface area contributed by atoms with Crippen LogP contribution in [0.3, 0.4) is 0 Å². The Labute approximate surface area is 517 Å². The Hall–Kier alpha value is -7.64. The number of hydrogen-bond donors (Lipinski definition) is 15. The number of carbonyl (C=O) groups is 2. The molecule has 16 N–H and O–H groups in total. The van der Waals surface area contributed by atoms with Gasteiger partial charge in [0, 0.05) is 36.4 Å². The van der Waals surface area contributed by atoms with Crippen LogP contribution in [0.1, 0.15) is 23.6 Å². The van der Waals surface area contributed by atoms with Crippen LogP contribution in [0, 0.1) is 0 Å². The molecule has 0 aromatic heterocycles. The zero-order valence-corrected chi connectivity index (χ0v) is 48.8. The molecular weight excluding hydrogens is 1220 g/mol. The van der Waals surface area contributed by atoms with E-state index in [1.165, 1.54) is 107 Å². The van der Waals surface area contributed by atoms with Gasteiger partial charge >= 0.3 is 17.7 Å². The Morgan fingerprint density at radius 1 is 0.560 bits per heavy atom. The topological polar surface area (TPSA) is 470 Å². The van der Waals surface area contributed by atoms with Gasteiger partial charge in [0.15, 0.2) is 35.4 Å². The van der Waals surface area contributed by atoms with Gasteiger partial charge in [0.2, 0.25) is 36.5 Å². The third kappa shape index (κ3) is 15.2. The highest BCUT2D eigenvalue weighted by atomic mass is 16.7. The summed E-state index contributed by atoms with van der Waals surface area (Å²) < 4.78 is 77.9. The van der Waals surface area contributed by atoms with Gasteiger partial charge in [-0.25, -0.2) is 9.59 Å². The monoisotopic (exact) mass is 1290 g/mol. The number of rotatable bonds is 21. The molecule has 0 spiro atoms.